The summed E-state index contributed by atoms with van der Waals surface area (Å²) < 4.78 is 5.57. The molecule has 0 atom stereocenters. The number of hydrogen-bond donors (Lipinski definition) is 1. The fraction of sp³-hybridized carbons (Fsp3) is 0.481. The van der Waals surface area contributed by atoms with Crippen LogP contribution in [-0.2, 0) is 15.0 Å². The number of hydrogen-bond acceptors (Lipinski definition) is 3. The molecule has 0 unspecified atom stereocenters. The Morgan fingerprint density at radius 1 is 0.938 bits per heavy atom. The van der Waals surface area contributed by atoms with Crippen molar-refractivity contribution in [1.82, 2.24) is 10.2 Å². The van der Waals surface area contributed by atoms with Gasteiger partial charge in [-0.3, -0.25) is 9.59 Å². The summed E-state index contributed by atoms with van der Waals surface area (Å²) in [5.41, 5.74) is 1.61. The van der Waals surface area contributed by atoms with E-state index < -0.39 is 0 Å². The lowest BCUT2D eigenvalue weighted by molar-refractivity contribution is -0.137. The first-order valence-electron chi connectivity index (χ1n) is 11.8. The van der Waals surface area contributed by atoms with Crippen molar-refractivity contribution in [3.8, 4) is 5.75 Å². The molecular weight excluding hydrogens is 400 g/mol. The number of likely N-dealkylation sites (tertiary alicyclic amines) is 1. The fourth-order valence-corrected chi connectivity index (χ4v) is 4.99. The zero-order chi connectivity index (χ0) is 22.4. The van der Waals surface area contributed by atoms with Crippen molar-refractivity contribution >= 4 is 11.8 Å². The number of nitrogens with one attached hydrogen (secondary N) is 1. The first-order valence-corrected chi connectivity index (χ1v) is 11.8. The molecule has 1 saturated carbocycles. The molecule has 1 aliphatic heterocycles. The molecule has 1 N–H and O–H groups in total. The van der Waals surface area contributed by atoms with Crippen LogP contribution in [0.2, 0.25) is 0 Å². The van der Waals surface area contributed by atoms with E-state index in [1.807, 2.05) is 35.2 Å². The molecule has 0 bridgehead atoms. The Labute approximate surface area is 191 Å². The maximum absolute atomic E-state index is 12.8. The third-order valence-electron chi connectivity index (χ3n) is 7.23. The SMILES string of the molecule is CC1(c2ccccc2)CCC(NC(=O)C2CCN(C(=O)COc3ccccc3)CC2)CC1. The summed E-state index contributed by atoms with van der Waals surface area (Å²) in [5, 5.41) is 3.30. The number of piperidine rings is 1. The second-order valence-corrected chi connectivity index (χ2v) is 9.47. The summed E-state index contributed by atoms with van der Waals surface area (Å²) in [6.07, 6.45) is 5.66. The predicted octanol–water partition coefficient (Wildman–Crippen LogP) is 4.32. The van der Waals surface area contributed by atoms with Gasteiger partial charge >= 0.3 is 0 Å². The molecule has 2 aliphatic rings. The second-order valence-electron chi connectivity index (χ2n) is 9.47. The lowest BCUT2D eigenvalue weighted by Crippen LogP contribution is -2.47. The van der Waals surface area contributed by atoms with Gasteiger partial charge in [-0.1, -0.05) is 55.5 Å². The molecule has 2 amide bonds. The van der Waals surface area contributed by atoms with E-state index >= 15 is 0 Å². The largest absolute Gasteiger partial charge is 0.484 e. The van der Waals surface area contributed by atoms with Crippen LogP contribution in [0.3, 0.4) is 0 Å². The number of nitrogens with zero attached hydrogens (tertiary/aromatic N) is 1. The van der Waals surface area contributed by atoms with Crippen LogP contribution in [0.5, 0.6) is 5.75 Å². The first kappa shape index (κ1) is 22.4. The van der Waals surface area contributed by atoms with E-state index in [2.05, 4.69) is 42.6 Å². The third-order valence-corrected chi connectivity index (χ3v) is 7.23. The van der Waals surface area contributed by atoms with Gasteiger partial charge in [0.25, 0.3) is 5.91 Å². The van der Waals surface area contributed by atoms with Gasteiger partial charge < -0.3 is 15.0 Å². The first-order chi connectivity index (χ1) is 15.5. The summed E-state index contributed by atoms with van der Waals surface area (Å²) in [7, 11) is 0. The summed E-state index contributed by atoms with van der Waals surface area (Å²) in [6.45, 7) is 3.62. The molecule has 0 radical (unpaired) electrons. The van der Waals surface area contributed by atoms with E-state index in [0.29, 0.717) is 18.8 Å². The summed E-state index contributed by atoms with van der Waals surface area (Å²) in [6, 6.07) is 20.4. The molecule has 1 heterocycles. The van der Waals surface area contributed by atoms with Crippen LogP contribution >= 0.6 is 0 Å². The van der Waals surface area contributed by atoms with Crippen LogP contribution in [0.4, 0.5) is 0 Å². The van der Waals surface area contributed by atoms with Gasteiger partial charge in [0.05, 0.1) is 0 Å². The smallest absolute Gasteiger partial charge is 0.260 e. The van der Waals surface area contributed by atoms with Crippen LogP contribution in [0.15, 0.2) is 60.7 Å². The number of para-hydroxylation sites is 1. The van der Waals surface area contributed by atoms with Gasteiger partial charge in [-0.15, -0.1) is 0 Å². The van der Waals surface area contributed by atoms with E-state index in [1.54, 1.807) is 0 Å². The Kier molecular flexibility index (Phi) is 7.13. The molecule has 1 saturated heterocycles. The highest BCUT2D eigenvalue weighted by Gasteiger charge is 2.34. The normalized spacial score (nSPS) is 24.0. The van der Waals surface area contributed by atoms with Crippen molar-refractivity contribution in [3.63, 3.8) is 0 Å². The van der Waals surface area contributed by atoms with Crippen molar-refractivity contribution in [1.29, 1.82) is 0 Å². The van der Waals surface area contributed by atoms with Crippen molar-refractivity contribution in [2.24, 2.45) is 5.92 Å². The Bertz CT molecular complexity index is 884. The molecule has 4 rings (SSSR count). The molecular formula is C27H34N2O3. The van der Waals surface area contributed by atoms with Gasteiger partial charge in [-0.2, -0.15) is 0 Å². The van der Waals surface area contributed by atoms with Crippen molar-refractivity contribution in [3.05, 3.63) is 66.2 Å². The minimum atomic E-state index is -0.0137. The van der Waals surface area contributed by atoms with E-state index in [1.165, 1.54) is 5.56 Å². The van der Waals surface area contributed by atoms with Crippen LogP contribution in [0, 0.1) is 5.92 Å². The second kappa shape index (κ2) is 10.2. The highest BCUT2D eigenvalue weighted by atomic mass is 16.5. The van der Waals surface area contributed by atoms with Gasteiger partial charge in [0.2, 0.25) is 5.91 Å². The molecule has 32 heavy (non-hydrogen) atoms. The van der Waals surface area contributed by atoms with Gasteiger partial charge in [-0.25, -0.2) is 0 Å². The van der Waals surface area contributed by atoms with Gasteiger partial charge in [0.15, 0.2) is 6.61 Å². The standard InChI is InChI=1S/C27H34N2O3/c1-27(22-8-4-2-5-9-22)16-12-23(13-17-27)28-26(31)21-14-18-29(19-15-21)25(30)20-32-24-10-6-3-7-11-24/h2-11,21,23H,12-20H2,1H3,(H,28,31). The summed E-state index contributed by atoms with van der Waals surface area (Å²) in [4.78, 5) is 27.1. The lowest BCUT2D eigenvalue weighted by atomic mass is 9.69. The number of carbonyl (C=O) groups is 2. The average Bonchev–Trinajstić information content (AvgIpc) is 2.85. The van der Waals surface area contributed by atoms with Crippen LogP contribution in [0.1, 0.15) is 51.0 Å². The molecule has 5 nitrogen and oxygen atoms in total. The monoisotopic (exact) mass is 434 g/mol. The maximum Gasteiger partial charge on any atom is 0.260 e. The van der Waals surface area contributed by atoms with E-state index in [0.717, 1.165) is 38.5 Å². The number of carbonyl (C=O) groups excluding carboxylic acids is 2. The fourth-order valence-electron chi connectivity index (χ4n) is 4.99. The number of ether oxygens (including phenoxy) is 1. The molecule has 1 aliphatic carbocycles. The van der Waals surface area contributed by atoms with E-state index in [4.69, 9.17) is 4.74 Å². The van der Waals surface area contributed by atoms with Gasteiger partial charge in [-0.05, 0) is 61.6 Å². The average molecular weight is 435 g/mol. The van der Waals surface area contributed by atoms with Crippen LogP contribution in [0.25, 0.3) is 0 Å². The maximum atomic E-state index is 12.8. The lowest BCUT2D eigenvalue weighted by Gasteiger charge is -2.39. The minimum absolute atomic E-state index is 0.00322. The molecule has 0 aromatic heterocycles. The highest BCUT2D eigenvalue weighted by molar-refractivity contribution is 5.80. The Balaban J connectivity index is 1.18. The molecule has 0 spiro atoms. The zero-order valence-corrected chi connectivity index (χ0v) is 19.0. The molecule has 2 fully saturated rings. The molecule has 5 heteroatoms. The summed E-state index contributed by atoms with van der Waals surface area (Å²) in [5.74, 6) is 0.841. The van der Waals surface area contributed by atoms with Crippen molar-refractivity contribution < 1.29 is 14.3 Å². The summed E-state index contributed by atoms with van der Waals surface area (Å²) >= 11 is 0. The van der Waals surface area contributed by atoms with Crippen molar-refractivity contribution in [2.45, 2.75) is 56.9 Å². The molecule has 170 valence electrons. The van der Waals surface area contributed by atoms with Crippen LogP contribution in [-0.4, -0.2) is 42.5 Å². The topological polar surface area (TPSA) is 58.6 Å². The number of rotatable bonds is 6. The highest BCUT2D eigenvalue weighted by Crippen LogP contribution is 2.39. The van der Waals surface area contributed by atoms with E-state index in [9.17, 15) is 9.59 Å². The van der Waals surface area contributed by atoms with Gasteiger partial charge in [0.1, 0.15) is 5.75 Å². The zero-order valence-electron chi connectivity index (χ0n) is 19.0. The van der Waals surface area contributed by atoms with Crippen LogP contribution < -0.4 is 10.1 Å². The molecule has 2 aromatic carbocycles. The minimum Gasteiger partial charge on any atom is -0.484 e. The van der Waals surface area contributed by atoms with E-state index in [-0.39, 0.29) is 35.8 Å². The van der Waals surface area contributed by atoms with Gasteiger partial charge in [0, 0.05) is 25.0 Å². The quantitative estimate of drug-likeness (QED) is 0.737. The number of benzene rings is 2. The number of amides is 2. The van der Waals surface area contributed by atoms with Crippen molar-refractivity contribution in [2.75, 3.05) is 19.7 Å². The third kappa shape index (κ3) is 5.50. The Morgan fingerprint density at radius 3 is 2.16 bits per heavy atom. The Hall–Kier alpha value is -2.82. The molecule has 2 aromatic rings. The predicted molar refractivity (Wildman–Crippen MR) is 125 cm³/mol. The Morgan fingerprint density at radius 2 is 1.53 bits per heavy atom.